The van der Waals surface area contributed by atoms with Crippen molar-refractivity contribution in [3.8, 4) is 0 Å². The normalized spacial score (nSPS) is 35.3. The fourth-order valence-corrected chi connectivity index (χ4v) is 2.39. The SMILES string of the molecule is O=C(NCCO)[C@@H]1C[C@@H]2C=C[C@H]1C2. The molecule has 0 spiro atoms. The van der Waals surface area contributed by atoms with Gasteiger partial charge in [0.15, 0.2) is 0 Å². The van der Waals surface area contributed by atoms with Crippen molar-refractivity contribution in [1.29, 1.82) is 0 Å². The van der Waals surface area contributed by atoms with E-state index in [9.17, 15) is 4.79 Å². The smallest absolute Gasteiger partial charge is 0.223 e. The van der Waals surface area contributed by atoms with Crippen molar-refractivity contribution in [2.75, 3.05) is 13.2 Å². The van der Waals surface area contributed by atoms with Crippen LogP contribution in [0.3, 0.4) is 0 Å². The Kier molecular flexibility index (Phi) is 2.36. The van der Waals surface area contributed by atoms with E-state index in [1.807, 2.05) is 0 Å². The van der Waals surface area contributed by atoms with E-state index in [-0.39, 0.29) is 18.4 Å². The highest BCUT2D eigenvalue weighted by atomic mass is 16.3. The number of carbonyl (C=O) groups excluding carboxylic acids is 1. The molecular formula is C10H15NO2. The van der Waals surface area contributed by atoms with Crippen molar-refractivity contribution in [3.63, 3.8) is 0 Å². The third-order valence-corrected chi connectivity index (χ3v) is 3.03. The van der Waals surface area contributed by atoms with E-state index in [0.29, 0.717) is 18.4 Å². The summed E-state index contributed by atoms with van der Waals surface area (Å²) in [6.07, 6.45) is 6.54. The Balaban J connectivity index is 1.88. The quantitative estimate of drug-likeness (QED) is 0.615. The number of rotatable bonds is 3. The van der Waals surface area contributed by atoms with Crippen LogP contribution in [0.5, 0.6) is 0 Å². The standard InChI is InChI=1S/C10H15NO2/c12-4-3-11-10(13)9-6-7-1-2-8(9)5-7/h1-2,7-9,12H,3-6H2,(H,11,13)/t7-,8+,9-/m1/s1. The van der Waals surface area contributed by atoms with Gasteiger partial charge in [-0.1, -0.05) is 12.2 Å². The van der Waals surface area contributed by atoms with Crippen LogP contribution in [0, 0.1) is 17.8 Å². The molecule has 3 atom stereocenters. The number of carbonyl (C=O) groups is 1. The van der Waals surface area contributed by atoms with Crippen LogP contribution in [0.15, 0.2) is 12.2 Å². The largest absolute Gasteiger partial charge is 0.395 e. The molecule has 2 rings (SSSR count). The maximum atomic E-state index is 11.5. The summed E-state index contributed by atoms with van der Waals surface area (Å²) in [6, 6.07) is 0. The van der Waals surface area contributed by atoms with Crippen molar-refractivity contribution in [3.05, 3.63) is 12.2 Å². The summed E-state index contributed by atoms with van der Waals surface area (Å²) in [6.45, 7) is 0.416. The van der Waals surface area contributed by atoms with Gasteiger partial charge in [0, 0.05) is 12.5 Å². The third-order valence-electron chi connectivity index (χ3n) is 3.03. The van der Waals surface area contributed by atoms with E-state index >= 15 is 0 Å². The van der Waals surface area contributed by atoms with Crippen molar-refractivity contribution in [2.24, 2.45) is 17.8 Å². The van der Waals surface area contributed by atoms with E-state index in [2.05, 4.69) is 17.5 Å². The van der Waals surface area contributed by atoms with Crippen LogP contribution in [0.2, 0.25) is 0 Å². The topological polar surface area (TPSA) is 49.3 Å². The molecule has 13 heavy (non-hydrogen) atoms. The lowest BCUT2D eigenvalue weighted by Crippen LogP contribution is -2.34. The van der Waals surface area contributed by atoms with Gasteiger partial charge < -0.3 is 10.4 Å². The van der Waals surface area contributed by atoms with Gasteiger partial charge in [-0.05, 0) is 24.7 Å². The molecule has 0 aromatic carbocycles. The molecule has 0 unspecified atom stereocenters. The Labute approximate surface area is 77.8 Å². The number of aliphatic hydroxyl groups excluding tert-OH is 1. The molecule has 2 bridgehead atoms. The lowest BCUT2D eigenvalue weighted by Gasteiger charge is -2.16. The maximum Gasteiger partial charge on any atom is 0.223 e. The second-order valence-electron chi connectivity index (χ2n) is 3.90. The molecular weight excluding hydrogens is 166 g/mol. The van der Waals surface area contributed by atoms with Gasteiger partial charge in [0.25, 0.3) is 0 Å². The molecule has 1 amide bonds. The summed E-state index contributed by atoms with van der Waals surface area (Å²) in [5.74, 6) is 1.38. The number of fused-ring (bicyclic) bond motifs is 2. The highest BCUT2D eigenvalue weighted by molar-refractivity contribution is 5.79. The fraction of sp³-hybridized carbons (Fsp3) is 0.700. The van der Waals surface area contributed by atoms with Crippen LogP contribution in [0.4, 0.5) is 0 Å². The molecule has 0 radical (unpaired) electrons. The van der Waals surface area contributed by atoms with E-state index < -0.39 is 0 Å². The Morgan fingerprint density at radius 3 is 2.85 bits per heavy atom. The van der Waals surface area contributed by atoms with Gasteiger partial charge in [-0.15, -0.1) is 0 Å². The lowest BCUT2D eigenvalue weighted by molar-refractivity contribution is -0.125. The summed E-state index contributed by atoms with van der Waals surface area (Å²) < 4.78 is 0. The number of allylic oxidation sites excluding steroid dienone is 2. The number of aliphatic hydroxyl groups is 1. The molecule has 1 saturated carbocycles. The number of hydrogen-bond donors (Lipinski definition) is 2. The molecule has 72 valence electrons. The first-order chi connectivity index (χ1) is 6.31. The van der Waals surface area contributed by atoms with Crippen LogP contribution in [-0.4, -0.2) is 24.2 Å². The van der Waals surface area contributed by atoms with Gasteiger partial charge in [0.05, 0.1) is 6.61 Å². The molecule has 0 aromatic heterocycles. The molecule has 0 aliphatic heterocycles. The minimum Gasteiger partial charge on any atom is -0.395 e. The number of nitrogens with one attached hydrogen (secondary N) is 1. The van der Waals surface area contributed by atoms with Gasteiger partial charge in [0.2, 0.25) is 5.91 Å². The molecule has 1 fully saturated rings. The molecule has 3 heteroatoms. The van der Waals surface area contributed by atoms with E-state index in [4.69, 9.17) is 5.11 Å². The van der Waals surface area contributed by atoms with Gasteiger partial charge >= 0.3 is 0 Å². The monoisotopic (exact) mass is 181 g/mol. The minimum atomic E-state index is 0.0302. The predicted octanol–water partition coefficient (Wildman–Crippen LogP) is 0.307. The summed E-state index contributed by atoms with van der Waals surface area (Å²) >= 11 is 0. The van der Waals surface area contributed by atoms with Crippen LogP contribution in [0.25, 0.3) is 0 Å². The molecule has 2 aliphatic carbocycles. The number of amides is 1. The molecule has 0 heterocycles. The molecule has 2 N–H and O–H groups in total. The van der Waals surface area contributed by atoms with E-state index in [1.165, 1.54) is 0 Å². The summed E-state index contributed by atoms with van der Waals surface area (Å²) in [4.78, 5) is 11.5. The first-order valence-corrected chi connectivity index (χ1v) is 4.88. The average Bonchev–Trinajstić information content (AvgIpc) is 2.74. The van der Waals surface area contributed by atoms with Gasteiger partial charge in [-0.2, -0.15) is 0 Å². The first kappa shape index (κ1) is 8.75. The van der Waals surface area contributed by atoms with Crippen LogP contribution < -0.4 is 5.32 Å². The Morgan fingerprint density at radius 1 is 1.46 bits per heavy atom. The Hall–Kier alpha value is -0.830. The number of hydrogen-bond acceptors (Lipinski definition) is 2. The van der Waals surface area contributed by atoms with E-state index in [0.717, 1.165) is 12.8 Å². The third kappa shape index (κ3) is 1.61. The van der Waals surface area contributed by atoms with Crippen LogP contribution in [0.1, 0.15) is 12.8 Å². The second kappa shape index (κ2) is 3.50. The lowest BCUT2D eigenvalue weighted by atomic mass is 9.93. The average molecular weight is 181 g/mol. The maximum absolute atomic E-state index is 11.5. The van der Waals surface area contributed by atoms with Crippen molar-refractivity contribution in [1.82, 2.24) is 5.32 Å². The van der Waals surface area contributed by atoms with Crippen LogP contribution >= 0.6 is 0 Å². The summed E-state index contributed by atoms with van der Waals surface area (Å²) in [5, 5.41) is 11.3. The highest BCUT2D eigenvalue weighted by Crippen LogP contribution is 2.43. The molecule has 0 aromatic rings. The summed E-state index contributed by atoms with van der Waals surface area (Å²) in [7, 11) is 0. The molecule has 2 aliphatic rings. The van der Waals surface area contributed by atoms with Gasteiger partial charge in [-0.3, -0.25) is 4.79 Å². The van der Waals surface area contributed by atoms with Gasteiger partial charge in [-0.25, -0.2) is 0 Å². The van der Waals surface area contributed by atoms with E-state index in [1.54, 1.807) is 0 Å². The van der Waals surface area contributed by atoms with Crippen molar-refractivity contribution in [2.45, 2.75) is 12.8 Å². The molecule has 3 nitrogen and oxygen atoms in total. The summed E-state index contributed by atoms with van der Waals surface area (Å²) in [5.41, 5.74) is 0. The second-order valence-corrected chi connectivity index (χ2v) is 3.90. The molecule has 0 saturated heterocycles. The Morgan fingerprint density at radius 2 is 2.31 bits per heavy atom. The van der Waals surface area contributed by atoms with Crippen molar-refractivity contribution >= 4 is 5.91 Å². The van der Waals surface area contributed by atoms with Gasteiger partial charge in [0.1, 0.15) is 0 Å². The fourth-order valence-electron chi connectivity index (χ4n) is 2.39. The zero-order chi connectivity index (χ0) is 9.26. The van der Waals surface area contributed by atoms with Crippen molar-refractivity contribution < 1.29 is 9.90 Å². The highest BCUT2D eigenvalue weighted by Gasteiger charge is 2.39. The first-order valence-electron chi connectivity index (χ1n) is 4.88. The zero-order valence-corrected chi connectivity index (χ0v) is 7.57. The zero-order valence-electron chi connectivity index (χ0n) is 7.57. The minimum absolute atomic E-state index is 0.0302. The predicted molar refractivity (Wildman–Crippen MR) is 48.9 cm³/mol. The van der Waals surface area contributed by atoms with Crippen LogP contribution in [-0.2, 0) is 4.79 Å². The Bertz CT molecular complexity index is 237.